The van der Waals surface area contributed by atoms with Gasteiger partial charge >= 0.3 is 0 Å². The van der Waals surface area contributed by atoms with Gasteiger partial charge < -0.3 is 4.42 Å². The van der Waals surface area contributed by atoms with Crippen molar-refractivity contribution in [3.63, 3.8) is 0 Å². The van der Waals surface area contributed by atoms with E-state index in [4.69, 9.17) is 4.42 Å². The third kappa shape index (κ3) is 1.46. The van der Waals surface area contributed by atoms with Crippen molar-refractivity contribution in [2.45, 2.75) is 6.42 Å². The molecule has 0 atom stereocenters. The molecule has 0 fully saturated rings. The van der Waals surface area contributed by atoms with Gasteiger partial charge in [0.2, 0.25) is 0 Å². The van der Waals surface area contributed by atoms with Crippen LogP contribution in [-0.2, 0) is 6.42 Å². The van der Waals surface area contributed by atoms with E-state index in [-0.39, 0.29) is 0 Å². The fourth-order valence-electron chi connectivity index (χ4n) is 3.46. The SMILES string of the molecule is Brc1cc2c(c3oc4ccccc4c13)-c1ccccc1C2. The number of hydrogen-bond donors (Lipinski definition) is 0. The highest BCUT2D eigenvalue weighted by Gasteiger charge is 2.25. The Labute approximate surface area is 130 Å². The van der Waals surface area contributed by atoms with Crippen LogP contribution in [0.15, 0.2) is 63.5 Å². The maximum Gasteiger partial charge on any atom is 0.144 e. The van der Waals surface area contributed by atoms with Crippen LogP contribution in [0.1, 0.15) is 11.1 Å². The van der Waals surface area contributed by atoms with E-state index in [0.29, 0.717) is 0 Å². The number of hydrogen-bond acceptors (Lipinski definition) is 1. The van der Waals surface area contributed by atoms with E-state index in [1.54, 1.807) is 0 Å². The average Bonchev–Trinajstić information content (AvgIpc) is 3.04. The van der Waals surface area contributed by atoms with E-state index >= 15 is 0 Å². The zero-order valence-electron chi connectivity index (χ0n) is 11.2. The molecule has 1 aromatic heterocycles. The van der Waals surface area contributed by atoms with Crippen molar-refractivity contribution in [1.29, 1.82) is 0 Å². The van der Waals surface area contributed by atoms with Crippen LogP contribution >= 0.6 is 15.9 Å². The van der Waals surface area contributed by atoms with Gasteiger partial charge in [0, 0.05) is 20.8 Å². The molecule has 21 heavy (non-hydrogen) atoms. The Morgan fingerprint density at radius 3 is 2.67 bits per heavy atom. The Balaban J connectivity index is 2.02. The van der Waals surface area contributed by atoms with Crippen LogP contribution in [0.4, 0.5) is 0 Å². The molecule has 0 N–H and O–H groups in total. The minimum Gasteiger partial charge on any atom is -0.455 e. The van der Waals surface area contributed by atoms with Crippen LogP contribution in [0.5, 0.6) is 0 Å². The molecule has 0 aliphatic heterocycles. The zero-order valence-corrected chi connectivity index (χ0v) is 12.8. The van der Waals surface area contributed by atoms with Gasteiger partial charge in [-0.1, -0.05) is 58.4 Å². The summed E-state index contributed by atoms with van der Waals surface area (Å²) in [6.07, 6.45) is 0.983. The molecule has 1 aliphatic rings. The monoisotopic (exact) mass is 334 g/mol. The number of furan rings is 1. The molecule has 0 spiro atoms. The van der Waals surface area contributed by atoms with Crippen LogP contribution in [0.3, 0.4) is 0 Å². The van der Waals surface area contributed by atoms with E-state index < -0.39 is 0 Å². The predicted molar refractivity (Wildman–Crippen MR) is 89.7 cm³/mol. The van der Waals surface area contributed by atoms with Gasteiger partial charge in [-0.3, -0.25) is 0 Å². The Morgan fingerprint density at radius 1 is 0.905 bits per heavy atom. The van der Waals surface area contributed by atoms with Crippen molar-refractivity contribution in [3.8, 4) is 11.1 Å². The third-order valence-electron chi connectivity index (χ3n) is 4.35. The Bertz CT molecular complexity index is 1030. The van der Waals surface area contributed by atoms with Crippen molar-refractivity contribution >= 4 is 37.9 Å². The first-order valence-electron chi connectivity index (χ1n) is 7.04. The van der Waals surface area contributed by atoms with Crippen molar-refractivity contribution in [1.82, 2.24) is 0 Å². The predicted octanol–water partition coefficient (Wildman–Crippen LogP) is 5.92. The summed E-state index contributed by atoms with van der Waals surface area (Å²) in [5, 5.41) is 2.35. The molecule has 3 aromatic carbocycles. The van der Waals surface area contributed by atoms with E-state index in [1.165, 1.54) is 33.0 Å². The lowest BCUT2D eigenvalue weighted by Gasteiger charge is -2.03. The maximum atomic E-state index is 6.20. The maximum absolute atomic E-state index is 6.20. The van der Waals surface area contributed by atoms with E-state index in [0.717, 1.165) is 22.1 Å². The molecule has 0 amide bonds. The minimum atomic E-state index is 0.950. The molecule has 1 aliphatic carbocycles. The van der Waals surface area contributed by atoms with Crippen molar-refractivity contribution in [2.24, 2.45) is 0 Å². The van der Waals surface area contributed by atoms with Crippen molar-refractivity contribution in [2.75, 3.05) is 0 Å². The molecule has 0 bridgehead atoms. The smallest absolute Gasteiger partial charge is 0.144 e. The van der Waals surface area contributed by atoms with Gasteiger partial charge in [0.25, 0.3) is 0 Å². The fraction of sp³-hybridized carbons (Fsp3) is 0.0526. The van der Waals surface area contributed by atoms with Crippen LogP contribution in [-0.4, -0.2) is 0 Å². The number of rotatable bonds is 0. The highest BCUT2D eigenvalue weighted by atomic mass is 79.9. The topological polar surface area (TPSA) is 13.1 Å². The zero-order chi connectivity index (χ0) is 14.0. The Hall–Kier alpha value is -2.06. The molecule has 0 saturated carbocycles. The van der Waals surface area contributed by atoms with Crippen LogP contribution < -0.4 is 0 Å². The molecular weight excluding hydrogens is 324 g/mol. The summed E-state index contributed by atoms with van der Waals surface area (Å²) >= 11 is 3.74. The largest absolute Gasteiger partial charge is 0.455 e. The van der Waals surface area contributed by atoms with Gasteiger partial charge in [0.1, 0.15) is 11.2 Å². The lowest BCUT2D eigenvalue weighted by Crippen LogP contribution is -1.82. The molecule has 2 heteroatoms. The number of benzene rings is 3. The number of para-hydroxylation sites is 1. The lowest BCUT2D eigenvalue weighted by molar-refractivity contribution is 0.670. The first-order chi connectivity index (χ1) is 10.3. The lowest BCUT2D eigenvalue weighted by atomic mass is 10.0. The van der Waals surface area contributed by atoms with Gasteiger partial charge in [-0.05, 0) is 35.2 Å². The molecule has 0 unspecified atom stereocenters. The Kier molecular flexibility index (Phi) is 2.20. The van der Waals surface area contributed by atoms with Crippen LogP contribution in [0.2, 0.25) is 0 Å². The molecule has 0 saturated heterocycles. The first-order valence-corrected chi connectivity index (χ1v) is 7.83. The van der Waals surface area contributed by atoms with Crippen LogP contribution in [0.25, 0.3) is 33.1 Å². The summed E-state index contributed by atoms with van der Waals surface area (Å²) < 4.78 is 7.32. The molecule has 4 aromatic rings. The molecule has 100 valence electrons. The summed E-state index contributed by atoms with van der Waals surface area (Å²) in [5.41, 5.74) is 7.25. The second-order valence-corrected chi connectivity index (χ2v) is 6.38. The molecular formula is C19H11BrO. The molecule has 5 rings (SSSR count). The quantitative estimate of drug-likeness (QED) is 0.342. The van der Waals surface area contributed by atoms with Gasteiger partial charge in [0.05, 0.1) is 0 Å². The highest BCUT2D eigenvalue weighted by molar-refractivity contribution is 9.10. The summed E-state index contributed by atoms with van der Waals surface area (Å²) in [6, 6.07) is 19.1. The second kappa shape index (κ2) is 3.99. The summed E-state index contributed by atoms with van der Waals surface area (Å²) in [7, 11) is 0. The molecule has 0 radical (unpaired) electrons. The number of fused-ring (bicyclic) bond motifs is 7. The van der Waals surface area contributed by atoms with E-state index in [9.17, 15) is 0 Å². The van der Waals surface area contributed by atoms with Gasteiger partial charge in [-0.15, -0.1) is 0 Å². The highest BCUT2D eigenvalue weighted by Crippen LogP contribution is 2.46. The fourth-order valence-corrected chi connectivity index (χ4v) is 4.13. The Morgan fingerprint density at radius 2 is 1.71 bits per heavy atom. The standard InChI is InChI=1S/C19H11BrO/c20-15-10-12-9-11-5-1-2-6-13(11)17(12)19-18(15)14-7-3-4-8-16(14)21-19/h1-8,10H,9H2. The molecule has 1 heterocycles. The van der Waals surface area contributed by atoms with Gasteiger partial charge in [-0.25, -0.2) is 0 Å². The van der Waals surface area contributed by atoms with Crippen LogP contribution in [0, 0.1) is 0 Å². The van der Waals surface area contributed by atoms with E-state index in [2.05, 4.69) is 58.4 Å². The average molecular weight is 335 g/mol. The third-order valence-corrected chi connectivity index (χ3v) is 4.98. The van der Waals surface area contributed by atoms with Crippen molar-refractivity contribution < 1.29 is 4.42 Å². The van der Waals surface area contributed by atoms with Gasteiger partial charge in [0.15, 0.2) is 0 Å². The first kappa shape index (κ1) is 11.6. The molecule has 1 nitrogen and oxygen atoms in total. The van der Waals surface area contributed by atoms with Gasteiger partial charge in [-0.2, -0.15) is 0 Å². The summed E-state index contributed by atoms with van der Waals surface area (Å²) in [4.78, 5) is 0. The second-order valence-electron chi connectivity index (χ2n) is 5.53. The minimum absolute atomic E-state index is 0.950. The van der Waals surface area contributed by atoms with Crippen molar-refractivity contribution in [3.05, 3.63) is 70.2 Å². The normalized spacial score (nSPS) is 12.8. The summed E-state index contributed by atoms with van der Waals surface area (Å²) in [6.45, 7) is 0. The van der Waals surface area contributed by atoms with E-state index in [1.807, 2.05) is 12.1 Å². The number of halogens is 1. The summed E-state index contributed by atoms with van der Waals surface area (Å²) in [5.74, 6) is 0.